The zero-order chi connectivity index (χ0) is 16.9. The first kappa shape index (κ1) is 16.4. The first-order chi connectivity index (χ1) is 11.7. The smallest absolute Gasteiger partial charge is 0.191 e. The summed E-state index contributed by atoms with van der Waals surface area (Å²) in [7, 11) is 1.79. The molecule has 3 rings (SSSR count). The molecule has 2 heterocycles. The van der Waals surface area contributed by atoms with Gasteiger partial charge in [-0.2, -0.15) is 0 Å². The van der Waals surface area contributed by atoms with E-state index in [4.69, 9.17) is 9.15 Å². The van der Waals surface area contributed by atoms with Crippen LogP contribution in [0.4, 0.5) is 0 Å². The molecule has 0 aliphatic carbocycles. The van der Waals surface area contributed by atoms with Gasteiger partial charge in [0, 0.05) is 19.5 Å². The van der Waals surface area contributed by atoms with Crippen LogP contribution in [0.3, 0.4) is 0 Å². The number of nitrogens with zero attached hydrogens (tertiary/aromatic N) is 1. The monoisotopic (exact) mass is 327 g/mol. The fourth-order valence-corrected chi connectivity index (χ4v) is 3.00. The van der Waals surface area contributed by atoms with Crippen LogP contribution in [0.1, 0.15) is 42.4 Å². The van der Waals surface area contributed by atoms with Gasteiger partial charge in [-0.3, -0.25) is 4.99 Å². The number of furan rings is 1. The standard InChI is InChI=1S/C19H25N3O2/c1-13-8-9-17(24-13)14(2)22-19(20-3)21-12-15-10-11-23-18-7-5-4-6-16(15)18/h4-9,14-15H,10-12H2,1-3H3,(H2,20,21,22). The van der Waals surface area contributed by atoms with E-state index in [1.165, 1.54) is 5.56 Å². The van der Waals surface area contributed by atoms with Crippen molar-refractivity contribution in [3.05, 3.63) is 53.5 Å². The maximum absolute atomic E-state index is 5.73. The highest BCUT2D eigenvalue weighted by atomic mass is 16.5. The average molecular weight is 327 g/mol. The van der Waals surface area contributed by atoms with Crippen molar-refractivity contribution in [2.45, 2.75) is 32.2 Å². The number of ether oxygens (including phenoxy) is 1. The number of hydrogen-bond acceptors (Lipinski definition) is 3. The molecule has 0 saturated heterocycles. The molecule has 2 N–H and O–H groups in total. The lowest BCUT2D eigenvalue weighted by Crippen LogP contribution is -2.41. The van der Waals surface area contributed by atoms with Crippen LogP contribution in [0, 0.1) is 6.92 Å². The van der Waals surface area contributed by atoms with Crippen molar-refractivity contribution in [2.24, 2.45) is 4.99 Å². The van der Waals surface area contributed by atoms with Gasteiger partial charge in [-0.05, 0) is 44.0 Å². The fourth-order valence-electron chi connectivity index (χ4n) is 3.00. The number of rotatable bonds is 4. The zero-order valence-electron chi connectivity index (χ0n) is 14.5. The summed E-state index contributed by atoms with van der Waals surface area (Å²) in [5.74, 6) is 4.03. The Morgan fingerprint density at radius 1 is 1.29 bits per heavy atom. The van der Waals surface area contributed by atoms with Crippen LogP contribution < -0.4 is 15.4 Å². The number of guanidine groups is 1. The number of benzene rings is 1. The van der Waals surface area contributed by atoms with Crippen LogP contribution in [0.25, 0.3) is 0 Å². The second-order valence-electron chi connectivity index (χ2n) is 6.14. The fraction of sp³-hybridized carbons (Fsp3) is 0.421. The molecule has 0 saturated carbocycles. The molecule has 0 amide bonds. The Morgan fingerprint density at radius 3 is 2.88 bits per heavy atom. The van der Waals surface area contributed by atoms with Crippen molar-refractivity contribution < 1.29 is 9.15 Å². The van der Waals surface area contributed by atoms with Gasteiger partial charge in [-0.15, -0.1) is 0 Å². The predicted octanol–water partition coefficient (Wildman–Crippen LogP) is 3.38. The lowest BCUT2D eigenvalue weighted by atomic mass is 9.93. The molecule has 2 atom stereocenters. The minimum atomic E-state index is 0.0619. The van der Waals surface area contributed by atoms with Crippen molar-refractivity contribution in [3.8, 4) is 5.75 Å². The van der Waals surface area contributed by atoms with Gasteiger partial charge in [0.25, 0.3) is 0 Å². The van der Waals surface area contributed by atoms with E-state index >= 15 is 0 Å². The van der Waals surface area contributed by atoms with Gasteiger partial charge >= 0.3 is 0 Å². The summed E-state index contributed by atoms with van der Waals surface area (Å²) in [4.78, 5) is 4.32. The third kappa shape index (κ3) is 3.72. The Hall–Kier alpha value is -2.43. The van der Waals surface area contributed by atoms with Gasteiger partial charge in [-0.1, -0.05) is 18.2 Å². The summed E-state index contributed by atoms with van der Waals surface area (Å²) in [5.41, 5.74) is 1.27. The maximum Gasteiger partial charge on any atom is 0.191 e. The second-order valence-corrected chi connectivity index (χ2v) is 6.14. The van der Waals surface area contributed by atoms with Crippen LogP contribution >= 0.6 is 0 Å². The highest BCUT2D eigenvalue weighted by molar-refractivity contribution is 5.80. The quantitative estimate of drug-likeness (QED) is 0.668. The van der Waals surface area contributed by atoms with Crippen LogP contribution in [0.5, 0.6) is 5.75 Å². The van der Waals surface area contributed by atoms with Crippen LogP contribution in [-0.2, 0) is 0 Å². The molecular formula is C19H25N3O2. The van der Waals surface area contributed by atoms with E-state index in [-0.39, 0.29) is 6.04 Å². The number of nitrogens with one attached hydrogen (secondary N) is 2. The van der Waals surface area contributed by atoms with Gasteiger partial charge in [0.2, 0.25) is 0 Å². The topological polar surface area (TPSA) is 58.8 Å². The summed E-state index contributed by atoms with van der Waals surface area (Å²) in [6.07, 6.45) is 1.01. The number of para-hydroxylation sites is 1. The van der Waals surface area contributed by atoms with Gasteiger partial charge in [-0.25, -0.2) is 0 Å². The van der Waals surface area contributed by atoms with E-state index in [9.17, 15) is 0 Å². The normalized spacial score (nSPS) is 18.5. The Bertz CT molecular complexity index is 708. The molecule has 1 aliphatic heterocycles. The Morgan fingerprint density at radius 2 is 2.12 bits per heavy atom. The van der Waals surface area contributed by atoms with E-state index in [2.05, 4.69) is 34.7 Å². The Balaban J connectivity index is 1.59. The molecule has 1 aromatic heterocycles. The molecular weight excluding hydrogens is 302 g/mol. The lowest BCUT2D eigenvalue weighted by Gasteiger charge is -2.27. The lowest BCUT2D eigenvalue weighted by molar-refractivity contribution is 0.267. The Kier molecular flexibility index (Phi) is 5.08. The van der Waals surface area contributed by atoms with Gasteiger partial charge in [0.15, 0.2) is 5.96 Å². The third-order valence-electron chi connectivity index (χ3n) is 4.36. The molecule has 2 aromatic rings. The molecule has 1 aromatic carbocycles. The van der Waals surface area contributed by atoms with E-state index in [0.29, 0.717) is 5.92 Å². The number of aryl methyl sites for hydroxylation is 1. The van der Waals surface area contributed by atoms with Crippen molar-refractivity contribution in [1.29, 1.82) is 0 Å². The van der Waals surface area contributed by atoms with E-state index in [0.717, 1.165) is 42.8 Å². The SMILES string of the molecule is CN=C(NCC1CCOc2ccccc21)NC(C)c1ccc(C)o1. The summed E-state index contributed by atoms with van der Waals surface area (Å²) in [5, 5.41) is 6.80. The molecule has 128 valence electrons. The molecule has 2 unspecified atom stereocenters. The molecule has 0 fully saturated rings. The largest absolute Gasteiger partial charge is 0.493 e. The number of aliphatic imine (C=N–C) groups is 1. The maximum atomic E-state index is 5.73. The van der Waals surface area contributed by atoms with Gasteiger partial charge in [0.1, 0.15) is 17.3 Å². The number of hydrogen-bond donors (Lipinski definition) is 2. The van der Waals surface area contributed by atoms with Crippen molar-refractivity contribution >= 4 is 5.96 Å². The molecule has 0 radical (unpaired) electrons. The van der Waals surface area contributed by atoms with Gasteiger partial charge < -0.3 is 19.8 Å². The summed E-state index contributed by atoms with van der Waals surface area (Å²) >= 11 is 0. The molecule has 0 spiro atoms. The minimum Gasteiger partial charge on any atom is -0.493 e. The van der Waals surface area contributed by atoms with E-state index in [1.54, 1.807) is 7.05 Å². The van der Waals surface area contributed by atoms with Crippen molar-refractivity contribution in [1.82, 2.24) is 10.6 Å². The van der Waals surface area contributed by atoms with Crippen molar-refractivity contribution in [2.75, 3.05) is 20.2 Å². The zero-order valence-corrected chi connectivity index (χ0v) is 14.5. The average Bonchev–Trinajstić information content (AvgIpc) is 3.05. The first-order valence-electron chi connectivity index (χ1n) is 8.42. The molecule has 1 aliphatic rings. The van der Waals surface area contributed by atoms with E-state index in [1.807, 2.05) is 31.2 Å². The van der Waals surface area contributed by atoms with Crippen LogP contribution in [-0.4, -0.2) is 26.2 Å². The molecule has 0 bridgehead atoms. The minimum absolute atomic E-state index is 0.0619. The highest BCUT2D eigenvalue weighted by Crippen LogP contribution is 2.32. The number of fused-ring (bicyclic) bond motifs is 1. The predicted molar refractivity (Wildman–Crippen MR) is 95.7 cm³/mol. The Labute approximate surface area is 143 Å². The second kappa shape index (κ2) is 7.43. The van der Waals surface area contributed by atoms with Crippen LogP contribution in [0.2, 0.25) is 0 Å². The van der Waals surface area contributed by atoms with Crippen molar-refractivity contribution in [3.63, 3.8) is 0 Å². The molecule has 24 heavy (non-hydrogen) atoms. The summed E-state index contributed by atoms with van der Waals surface area (Å²) in [6, 6.07) is 12.3. The third-order valence-corrected chi connectivity index (χ3v) is 4.36. The summed E-state index contributed by atoms with van der Waals surface area (Å²) < 4.78 is 11.4. The summed E-state index contributed by atoms with van der Waals surface area (Å²) in [6.45, 7) is 5.60. The first-order valence-corrected chi connectivity index (χ1v) is 8.42. The van der Waals surface area contributed by atoms with Gasteiger partial charge in [0.05, 0.1) is 12.6 Å². The van der Waals surface area contributed by atoms with Crippen LogP contribution in [0.15, 0.2) is 45.8 Å². The molecule has 5 nitrogen and oxygen atoms in total. The van der Waals surface area contributed by atoms with E-state index < -0.39 is 0 Å². The highest BCUT2D eigenvalue weighted by Gasteiger charge is 2.21. The molecule has 5 heteroatoms.